The standard InChI is InChI=1S/C17H15Cl2N7O3S/c18-10-1-2-11(12(19)7-10)16(29)24-3-5-25(6-4-24)17-20-8-13(30-17)15-21-23-26(22-15)9-14(27)28/h1-2,7-8H,3-6,9H2,(H,27,28). The van der Waals surface area contributed by atoms with E-state index in [0.717, 1.165) is 9.93 Å². The first-order valence-electron chi connectivity index (χ1n) is 8.86. The zero-order valence-corrected chi connectivity index (χ0v) is 17.7. The van der Waals surface area contributed by atoms with Crippen LogP contribution in [0.15, 0.2) is 24.4 Å². The Labute approximate surface area is 184 Å². The Kier molecular flexibility index (Phi) is 5.84. The first kappa shape index (κ1) is 20.5. The highest BCUT2D eigenvalue weighted by atomic mass is 35.5. The Balaban J connectivity index is 1.39. The lowest BCUT2D eigenvalue weighted by Crippen LogP contribution is -2.48. The molecular formula is C17H15Cl2N7O3S. The fourth-order valence-corrected chi connectivity index (χ4v) is 4.36. The van der Waals surface area contributed by atoms with E-state index in [4.69, 9.17) is 28.3 Å². The van der Waals surface area contributed by atoms with Crippen LogP contribution < -0.4 is 4.90 Å². The summed E-state index contributed by atoms with van der Waals surface area (Å²) in [4.78, 5) is 33.4. The molecule has 0 atom stereocenters. The van der Waals surface area contributed by atoms with Gasteiger partial charge in [0.1, 0.15) is 0 Å². The van der Waals surface area contributed by atoms with Crippen molar-refractivity contribution in [3.63, 3.8) is 0 Å². The van der Waals surface area contributed by atoms with Crippen LogP contribution in [-0.2, 0) is 11.3 Å². The Morgan fingerprint density at radius 3 is 2.63 bits per heavy atom. The summed E-state index contributed by atoms with van der Waals surface area (Å²) in [6, 6.07) is 4.84. The summed E-state index contributed by atoms with van der Waals surface area (Å²) in [6.45, 7) is 1.93. The monoisotopic (exact) mass is 467 g/mol. The number of nitrogens with zero attached hydrogens (tertiary/aromatic N) is 7. The molecule has 0 radical (unpaired) electrons. The lowest BCUT2D eigenvalue weighted by atomic mass is 10.2. The van der Waals surface area contributed by atoms with Gasteiger partial charge in [-0.05, 0) is 23.4 Å². The summed E-state index contributed by atoms with van der Waals surface area (Å²) in [7, 11) is 0. The largest absolute Gasteiger partial charge is 0.480 e. The summed E-state index contributed by atoms with van der Waals surface area (Å²) in [5.74, 6) is -0.849. The van der Waals surface area contributed by atoms with Crippen LogP contribution in [0.1, 0.15) is 10.4 Å². The van der Waals surface area contributed by atoms with E-state index < -0.39 is 5.97 Å². The molecule has 0 spiro atoms. The lowest BCUT2D eigenvalue weighted by Gasteiger charge is -2.34. The van der Waals surface area contributed by atoms with Crippen molar-refractivity contribution >= 4 is 51.5 Å². The third kappa shape index (κ3) is 4.37. The van der Waals surface area contributed by atoms with E-state index in [2.05, 4.69) is 25.3 Å². The van der Waals surface area contributed by atoms with Gasteiger partial charge in [0.25, 0.3) is 5.91 Å². The Morgan fingerprint density at radius 2 is 1.93 bits per heavy atom. The number of amides is 1. The number of hydrogen-bond acceptors (Lipinski definition) is 8. The molecule has 156 valence electrons. The van der Waals surface area contributed by atoms with E-state index in [-0.39, 0.29) is 12.5 Å². The van der Waals surface area contributed by atoms with Gasteiger partial charge in [-0.15, -0.1) is 10.2 Å². The minimum atomic E-state index is -1.05. The molecule has 1 amide bonds. The smallest absolute Gasteiger partial charge is 0.327 e. The molecule has 1 fully saturated rings. The molecule has 0 saturated carbocycles. The minimum Gasteiger partial charge on any atom is -0.480 e. The Morgan fingerprint density at radius 1 is 1.17 bits per heavy atom. The average Bonchev–Trinajstić information content (AvgIpc) is 3.37. The molecule has 30 heavy (non-hydrogen) atoms. The van der Waals surface area contributed by atoms with E-state index in [1.807, 2.05) is 0 Å². The fourth-order valence-electron chi connectivity index (χ4n) is 2.98. The van der Waals surface area contributed by atoms with Gasteiger partial charge in [0.2, 0.25) is 5.82 Å². The van der Waals surface area contributed by atoms with Gasteiger partial charge in [-0.1, -0.05) is 34.5 Å². The van der Waals surface area contributed by atoms with Gasteiger partial charge in [0, 0.05) is 31.2 Å². The summed E-state index contributed by atoms with van der Waals surface area (Å²) in [5.41, 5.74) is 0.432. The third-order valence-electron chi connectivity index (χ3n) is 4.44. The number of carboxylic acids is 1. The highest BCUT2D eigenvalue weighted by molar-refractivity contribution is 7.18. The van der Waals surface area contributed by atoms with E-state index in [0.29, 0.717) is 52.5 Å². The molecule has 13 heteroatoms. The number of hydrogen-bond donors (Lipinski definition) is 1. The topological polar surface area (TPSA) is 117 Å². The normalized spacial score (nSPS) is 14.2. The number of tetrazole rings is 1. The zero-order chi connectivity index (χ0) is 21.3. The molecule has 1 aromatic carbocycles. The Bertz CT molecular complexity index is 1090. The van der Waals surface area contributed by atoms with Crippen LogP contribution in [0.3, 0.4) is 0 Å². The maximum atomic E-state index is 12.7. The molecule has 1 saturated heterocycles. The number of aromatic nitrogens is 5. The summed E-state index contributed by atoms with van der Waals surface area (Å²) < 4.78 is 0. The molecule has 1 aliphatic heterocycles. The van der Waals surface area contributed by atoms with Gasteiger partial charge >= 0.3 is 5.97 Å². The van der Waals surface area contributed by atoms with E-state index in [1.165, 1.54) is 11.3 Å². The zero-order valence-electron chi connectivity index (χ0n) is 15.4. The fraction of sp³-hybridized carbons (Fsp3) is 0.294. The van der Waals surface area contributed by atoms with Gasteiger partial charge in [-0.3, -0.25) is 9.59 Å². The van der Waals surface area contributed by atoms with Crippen LogP contribution in [0.4, 0.5) is 5.13 Å². The second kappa shape index (κ2) is 8.54. The number of thiazole rings is 1. The molecule has 0 unspecified atom stereocenters. The second-order valence-corrected chi connectivity index (χ2v) is 8.30. The molecule has 0 aliphatic carbocycles. The summed E-state index contributed by atoms with van der Waals surface area (Å²) in [6.07, 6.45) is 1.63. The van der Waals surface area contributed by atoms with Crippen LogP contribution in [0.5, 0.6) is 0 Å². The molecule has 3 aromatic rings. The van der Waals surface area contributed by atoms with Gasteiger partial charge < -0.3 is 14.9 Å². The van der Waals surface area contributed by atoms with Crippen molar-refractivity contribution in [2.75, 3.05) is 31.1 Å². The van der Waals surface area contributed by atoms with Gasteiger partial charge in [-0.25, -0.2) is 4.98 Å². The van der Waals surface area contributed by atoms with Crippen LogP contribution in [-0.4, -0.2) is 73.3 Å². The van der Waals surface area contributed by atoms with Crippen LogP contribution in [0.25, 0.3) is 10.7 Å². The SMILES string of the molecule is O=C(O)Cn1nnc(-c2cnc(N3CCN(C(=O)c4ccc(Cl)cc4Cl)CC3)s2)n1. The van der Waals surface area contributed by atoms with Crippen LogP contribution in [0, 0.1) is 0 Å². The maximum absolute atomic E-state index is 12.7. The first-order valence-corrected chi connectivity index (χ1v) is 10.4. The van der Waals surface area contributed by atoms with Crippen LogP contribution in [0.2, 0.25) is 10.0 Å². The van der Waals surface area contributed by atoms with Crippen molar-refractivity contribution in [2.45, 2.75) is 6.54 Å². The van der Waals surface area contributed by atoms with Crippen molar-refractivity contribution in [3.8, 4) is 10.7 Å². The van der Waals surface area contributed by atoms with Crippen molar-refractivity contribution < 1.29 is 14.7 Å². The maximum Gasteiger partial charge on any atom is 0.327 e. The minimum absolute atomic E-state index is 0.129. The molecule has 0 bridgehead atoms. The van der Waals surface area contributed by atoms with E-state index in [1.54, 1.807) is 29.3 Å². The van der Waals surface area contributed by atoms with Crippen molar-refractivity contribution in [1.29, 1.82) is 0 Å². The predicted molar refractivity (Wildman–Crippen MR) is 111 cm³/mol. The van der Waals surface area contributed by atoms with E-state index in [9.17, 15) is 9.59 Å². The number of piperazine rings is 1. The average molecular weight is 468 g/mol. The molecule has 4 rings (SSSR count). The van der Waals surface area contributed by atoms with Gasteiger partial charge in [0.05, 0.1) is 21.7 Å². The van der Waals surface area contributed by atoms with Gasteiger partial charge in [-0.2, -0.15) is 4.80 Å². The number of anilines is 1. The number of benzene rings is 1. The number of carboxylic acid groups (broad SMARTS) is 1. The number of carbonyl (C=O) groups excluding carboxylic acids is 1. The quantitative estimate of drug-likeness (QED) is 0.606. The number of halogens is 2. The summed E-state index contributed by atoms with van der Waals surface area (Å²) in [5, 5.41) is 22.0. The predicted octanol–water partition coefficient (Wildman–Crippen LogP) is 2.15. The molecular weight excluding hydrogens is 453 g/mol. The molecule has 1 aliphatic rings. The molecule has 10 nitrogen and oxygen atoms in total. The molecule has 2 aromatic heterocycles. The number of aliphatic carboxylic acids is 1. The Hall–Kier alpha value is -2.76. The van der Waals surface area contributed by atoms with Crippen molar-refractivity contribution in [2.24, 2.45) is 0 Å². The van der Waals surface area contributed by atoms with Gasteiger partial charge in [0.15, 0.2) is 11.7 Å². The lowest BCUT2D eigenvalue weighted by molar-refractivity contribution is -0.138. The molecule has 3 heterocycles. The van der Waals surface area contributed by atoms with Crippen molar-refractivity contribution in [3.05, 3.63) is 40.0 Å². The van der Waals surface area contributed by atoms with E-state index >= 15 is 0 Å². The van der Waals surface area contributed by atoms with Crippen molar-refractivity contribution in [1.82, 2.24) is 30.1 Å². The highest BCUT2D eigenvalue weighted by Crippen LogP contribution is 2.30. The summed E-state index contributed by atoms with van der Waals surface area (Å²) >= 11 is 13.4. The second-order valence-electron chi connectivity index (χ2n) is 6.45. The highest BCUT2D eigenvalue weighted by Gasteiger charge is 2.25. The third-order valence-corrected chi connectivity index (χ3v) is 6.04. The number of rotatable bonds is 5. The van der Waals surface area contributed by atoms with Crippen LogP contribution >= 0.6 is 34.5 Å². The number of carbonyl (C=O) groups is 2. The molecule has 1 N–H and O–H groups in total. The first-order chi connectivity index (χ1) is 14.4.